The Morgan fingerprint density at radius 3 is 2.30 bits per heavy atom. The first kappa shape index (κ1) is 23.0. The smallest absolute Gasteiger partial charge is 0.229 e. The number of aliphatic hydroxyl groups is 4. The van der Waals surface area contributed by atoms with Crippen LogP contribution in [0.15, 0.2) is 51.9 Å². The summed E-state index contributed by atoms with van der Waals surface area (Å²) in [5.74, 6) is 0.869. The van der Waals surface area contributed by atoms with Crippen molar-refractivity contribution < 1.29 is 43.8 Å². The van der Waals surface area contributed by atoms with Gasteiger partial charge in [-0.25, -0.2) is 0 Å². The highest BCUT2D eigenvalue weighted by Gasteiger charge is 2.45. The molecule has 2 aromatic carbocycles. The fourth-order valence-electron chi connectivity index (χ4n) is 3.65. The maximum Gasteiger partial charge on any atom is 0.229 e. The summed E-state index contributed by atoms with van der Waals surface area (Å²) in [6.07, 6.45) is -5.94. The van der Waals surface area contributed by atoms with Crippen molar-refractivity contribution in [3.63, 3.8) is 0 Å². The molecular weight excluding hydrogens is 436 g/mol. The van der Waals surface area contributed by atoms with Gasteiger partial charge in [0.05, 0.1) is 31.8 Å². The van der Waals surface area contributed by atoms with Gasteiger partial charge in [0.2, 0.25) is 11.7 Å². The molecule has 1 aliphatic rings. The highest BCUT2D eigenvalue weighted by Crippen LogP contribution is 2.35. The fourth-order valence-corrected chi connectivity index (χ4v) is 3.65. The highest BCUT2D eigenvalue weighted by atomic mass is 16.7. The summed E-state index contributed by atoms with van der Waals surface area (Å²) in [6, 6.07) is 9.78. The predicted molar refractivity (Wildman–Crippen MR) is 115 cm³/mol. The van der Waals surface area contributed by atoms with Gasteiger partial charge >= 0.3 is 0 Å². The standard InChI is InChI=1S/C23H24O10/c1-29-12-5-3-11(4-6-12)14-10-31-15-8-17(16(30-2)7-13(15)19(14)25)32-23-22(28)21(27)20(26)18(9-24)33-23/h3-8,10,18,20-24,26-28H,9H2,1-2H3/t18?,20-,21?,22+,23-/m1/s1. The molecule has 2 unspecified atom stereocenters. The lowest BCUT2D eigenvalue weighted by Crippen LogP contribution is -2.60. The Morgan fingerprint density at radius 2 is 1.67 bits per heavy atom. The molecule has 0 spiro atoms. The van der Waals surface area contributed by atoms with Gasteiger partial charge in [-0.05, 0) is 23.8 Å². The summed E-state index contributed by atoms with van der Waals surface area (Å²) in [5.41, 5.74) is 0.888. The van der Waals surface area contributed by atoms with Crippen LogP contribution in [0, 0.1) is 0 Å². The average molecular weight is 460 g/mol. The molecule has 0 saturated carbocycles. The van der Waals surface area contributed by atoms with E-state index >= 15 is 0 Å². The minimum atomic E-state index is -1.60. The van der Waals surface area contributed by atoms with E-state index in [9.17, 15) is 25.2 Å². The number of benzene rings is 2. The third kappa shape index (κ3) is 4.26. The molecule has 1 saturated heterocycles. The quantitative estimate of drug-likeness (QED) is 0.413. The van der Waals surface area contributed by atoms with Crippen LogP contribution in [0.3, 0.4) is 0 Å². The van der Waals surface area contributed by atoms with E-state index in [1.807, 2.05) is 0 Å². The van der Waals surface area contributed by atoms with Crippen molar-refractivity contribution >= 4 is 11.0 Å². The van der Waals surface area contributed by atoms with Gasteiger partial charge in [0.25, 0.3) is 0 Å². The zero-order valence-corrected chi connectivity index (χ0v) is 17.9. The van der Waals surface area contributed by atoms with Crippen molar-refractivity contribution in [2.75, 3.05) is 20.8 Å². The lowest BCUT2D eigenvalue weighted by atomic mass is 9.99. The van der Waals surface area contributed by atoms with E-state index in [1.54, 1.807) is 31.4 Å². The maximum atomic E-state index is 13.1. The molecule has 10 nitrogen and oxygen atoms in total. The van der Waals surface area contributed by atoms with Crippen LogP contribution < -0.4 is 19.6 Å². The molecule has 0 amide bonds. The van der Waals surface area contributed by atoms with Gasteiger partial charge in [-0.3, -0.25) is 4.79 Å². The molecule has 4 N–H and O–H groups in total. The SMILES string of the molecule is COc1ccc(-c2coc3cc(O[C@@H]4OC(CO)[C@@H](O)C(O)[C@@H]4O)c(OC)cc3c2=O)cc1. The van der Waals surface area contributed by atoms with Crippen LogP contribution in [0.2, 0.25) is 0 Å². The second-order valence-corrected chi connectivity index (χ2v) is 7.52. The van der Waals surface area contributed by atoms with Crippen molar-refractivity contribution in [3.05, 3.63) is 52.9 Å². The van der Waals surface area contributed by atoms with Gasteiger partial charge < -0.3 is 43.8 Å². The van der Waals surface area contributed by atoms with Crippen LogP contribution in [-0.4, -0.2) is 72.0 Å². The monoisotopic (exact) mass is 460 g/mol. The molecule has 0 aliphatic carbocycles. The van der Waals surface area contributed by atoms with Crippen LogP contribution in [0.4, 0.5) is 0 Å². The normalized spacial score (nSPS) is 25.1. The minimum absolute atomic E-state index is 0.0645. The molecular formula is C23H24O10. The van der Waals surface area contributed by atoms with Crippen molar-refractivity contribution in [1.82, 2.24) is 0 Å². The molecule has 0 bridgehead atoms. The molecule has 3 aromatic rings. The Labute approximate surface area is 188 Å². The van der Waals surface area contributed by atoms with Crippen molar-refractivity contribution in [1.29, 1.82) is 0 Å². The van der Waals surface area contributed by atoms with E-state index in [1.165, 1.54) is 25.5 Å². The number of hydrogen-bond donors (Lipinski definition) is 4. The predicted octanol–water partition coefficient (Wildman–Crippen LogP) is 0.656. The highest BCUT2D eigenvalue weighted by molar-refractivity contribution is 5.84. The third-order valence-electron chi connectivity index (χ3n) is 5.55. The molecule has 1 fully saturated rings. The van der Waals surface area contributed by atoms with Crippen LogP contribution >= 0.6 is 0 Å². The summed E-state index contributed by atoms with van der Waals surface area (Å²) in [5, 5.41) is 39.7. The number of hydrogen-bond acceptors (Lipinski definition) is 10. The summed E-state index contributed by atoms with van der Waals surface area (Å²) in [6.45, 7) is -0.595. The molecule has 5 atom stereocenters. The van der Waals surface area contributed by atoms with Gasteiger partial charge in [-0.2, -0.15) is 0 Å². The molecule has 10 heteroatoms. The lowest BCUT2D eigenvalue weighted by Gasteiger charge is -2.39. The number of aliphatic hydroxyl groups excluding tert-OH is 4. The van der Waals surface area contributed by atoms with Crippen LogP contribution in [0.5, 0.6) is 17.2 Å². The summed E-state index contributed by atoms with van der Waals surface area (Å²) >= 11 is 0. The van der Waals surface area contributed by atoms with Gasteiger partial charge in [0, 0.05) is 6.07 Å². The maximum absolute atomic E-state index is 13.1. The lowest BCUT2D eigenvalue weighted by molar-refractivity contribution is -0.277. The zero-order valence-electron chi connectivity index (χ0n) is 17.9. The van der Waals surface area contributed by atoms with E-state index in [0.717, 1.165) is 0 Å². The second kappa shape index (κ2) is 9.38. The number of ether oxygens (including phenoxy) is 4. The first-order valence-electron chi connectivity index (χ1n) is 10.1. The first-order chi connectivity index (χ1) is 15.9. The van der Waals surface area contributed by atoms with Crippen LogP contribution in [-0.2, 0) is 4.74 Å². The van der Waals surface area contributed by atoms with Gasteiger partial charge in [-0.1, -0.05) is 12.1 Å². The molecule has 1 aliphatic heterocycles. The topological polar surface area (TPSA) is 148 Å². The zero-order chi connectivity index (χ0) is 23.7. The van der Waals surface area contributed by atoms with Crippen molar-refractivity contribution in [2.45, 2.75) is 30.7 Å². The van der Waals surface area contributed by atoms with Gasteiger partial charge in [0.15, 0.2) is 11.5 Å². The summed E-state index contributed by atoms with van der Waals surface area (Å²) in [4.78, 5) is 13.1. The van der Waals surface area contributed by atoms with Gasteiger partial charge in [0.1, 0.15) is 42.0 Å². The van der Waals surface area contributed by atoms with E-state index in [-0.39, 0.29) is 27.9 Å². The molecule has 0 radical (unpaired) electrons. The number of fused-ring (bicyclic) bond motifs is 1. The van der Waals surface area contributed by atoms with Crippen molar-refractivity contribution in [2.24, 2.45) is 0 Å². The van der Waals surface area contributed by atoms with Crippen LogP contribution in [0.25, 0.3) is 22.1 Å². The largest absolute Gasteiger partial charge is 0.497 e. The van der Waals surface area contributed by atoms with Crippen LogP contribution in [0.1, 0.15) is 0 Å². The van der Waals surface area contributed by atoms with Gasteiger partial charge in [-0.15, -0.1) is 0 Å². The van der Waals surface area contributed by atoms with Crippen molar-refractivity contribution in [3.8, 4) is 28.4 Å². The van der Waals surface area contributed by atoms with E-state index < -0.39 is 37.3 Å². The Bertz CT molecular complexity index is 1170. The Morgan fingerprint density at radius 1 is 0.939 bits per heavy atom. The molecule has 176 valence electrons. The fraction of sp³-hybridized carbons (Fsp3) is 0.348. The molecule has 33 heavy (non-hydrogen) atoms. The summed E-state index contributed by atoms with van der Waals surface area (Å²) < 4.78 is 27.2. The molecule has 4 rings (SSSR count). The average Bonchev–Trinajstić information content (AvgIpc) is 2.84. The summed E-state index contributed by atoms with van der Waals surface area (Å²) in [7, 11) is 2.92. The van der Waals surface area contributed by atoms with E-state index in [4.69, 9.17) is 23.4 Å². The number of methoxy groups -OCH3 is 2. The van der Waals surface area contributed by atoms with E-state index in [2.05, 4.69) is 0 Å². The third-order valence-corrected chi connectivity index (χ3v) is 5.55. The first-order valence-corrected chi connectivity index (χ1v) is 10.1. The Balaban J connectivity index is 1.70. The Hall–Kier alpha value is -3.15. The Kier molecular flexibility index (Phi) is 6.54. The second-order valence-electron chi connectivity index (χ2n) is 7.52. The van der Waals surface area contributed by atoms with E-state index in [0.29, 0.717) is 16.9 Å². The minimum Gasteiger partial charge on any atom is -0.497 e. The molecule has 2 heterocycles. The number of rotatable bonds is 6. The molecule has 1 aromatic heterocycles.